The van der Waals surface area contributed by atoms with E-state index in [-0.39, 0.29) is 23.0 Å². The number of nitrogens with one attached hydrogen (secondary N) is 3. The van der Waals surface area contributed by atoms with E-state index in [1.807, 2.05) is 26.8 Å². The van der Waals surface area contributed by atoms with Gasteiger partial charge >= 0.3 is 5.97 Å². The number of carbonyl (C=O) groups excluding carboxylic acids is 4. The Bertz CT molecular complexity index is 986. The molecule has 0 aromatic rings. The zero-order chi connectivity index (χ0) is 33.3. The van der Waals surface area contributed by atoms with E-state index in [1.165, 1.54) is 5.01 Å². The first kappa shape index (κ1) is 39.7. The average Bonchev–Trinajstić information content (AvgIpc) is 2.90. The number of ether oxygens (including phenoxy) is 1. The normalized spacial score (nSPS) is 19.2. The lowest BCUT2D eigenvalue weighted by molar-refractivity contribution is -0.152. The number of carbonyl (C=O) groups is 4. The van der Waals surface area contributed by atoms with E-state index in [2.05, 4.69) is 56.5 Å². The van der Waals surface area contributed by atoms with Crippen LogP contribution < -0.4 is 16.1 Å². The fourth-order valence-electron chi connectivity index (χ4n) is 4.20. The van der Waals surface area contributed by atoms with Crippen LogP contribution in [0, 0.1) is 11.8 Å². The Morgan fingerprint density at radius 2 is 1.67 bits per heavy atom. The van der Waals surface area contributed by atoms with Crippen LogP contribution in [0.25, 0.3) is 0 Å². The SMILES string of the molecule is C=CCC[C@@H](O[Si](C)(C)C(C)(C)C)[C@@H](C)C(=O)NC(C(=O)N[C@@H](C)C(=O)N1CCC[C@@H](C(=O)OCC(Cl)(Cl)Cl)N1)C(C)C. The van der Waals surface area contributed by atoms with Crippen LogP contribution in [-0.2, 0) is 28.3 Å². The fourth-order valence-corrected chi connectivity index (χ4v) is 5.80. The molecule has 0 aromatic carbocycles. The standard InChI is InChI=1S/C29H51Cl3N4O6Si/c1-11-12-15-22(42-43(9,10)28(6,7)8)19(4)24(37)34-23(18(2)3)25(38)33-20(5)26(39)36-16-13-14-21(35-36)27(40)41-17-29(30,31)32/h11,18-23,35H,1,12-17H2,2-10H3,(H,33,38)(H,34,37)/t19-,20+,21+,22-,23?/m1/s1. The molecule has 1 aliphatic heterocycles. The van der Waals surface area contributed by atoms with Crippen molar-refractivity contribution >= 4 is 66.8 Å². The number of halogens is 3. The van der Waals surface area contributed by atoms with Crippen LogP contribution >= 0.6 is 34.8 Å². The van der Waals surface area contributed by atoms with Crippen molar-refractivity contribution in [3.63, 3.8) is 0 Å². The van der Waals surface area contributed by atoms with E-state index in [0.717, 1.165) is 0 Å². The molecule has 3 amide bonds. The van der Waals surface area contributed by atoms with Crippen LogP contribution in [0.15, 0.2) is 12.7 Å². The highest BCUT2D eigenvalue weighted by atomic mass is 35.6. The van der Waals surface area contributed by atoms with Gasteiger partial charge in [-0.1, -0.05) is 82.4 Å². The molecule has 248 valence electrons. The quantitative estimate of drug-likeness (QED) is 0.101. The summed E-state index contributed by atoms with van der Waals surface area (Å²) in [7, 11) is -2.17. The molecule has 1 unspecified atom stereocenters. The van der Waals surface area contributed by atoms with E-state index in [4.69, 9.17) is 44.0 Å². The van der Waals surface area contributed by atoms with Gasteiger partial charge in [0.05, 0.1) is 12.0 Å². The van der Waals surface area contributed by atoms with Gasteiger partial charge in [0.1, 0.15) is 24.7 Å². The van der Waals surface area contributed by atoms with E-state index in [9.17, 15) is 19.2 Å². The Balaban J connectivity index is 2.90. The van der Waals surface area contributed by atoms with E-state index in [0.29, 0.717) is 32.2 Å². The molecule has 1 rings (SSSR count). The Morgan fingerprint density at radius 3 is 2.19 bits per heavy atom. The van der Waals surface area contributed by atoms with Crippen LogP contribution in [0.3, 0.4) is 0 Å². The van der Waals surface area contributed by atoms with Gasteiger partial charge in [-0.15, -0.1) is 6.58 Å². The molecular weight excluding hydrogens is 635 g/mol. The second-order valence-corrected chi connectivity index (χ2v) is 20.3. The fraction of sp³-hybridized carbons (Fsp3) is 0.793. The summed E-state index contributed by atoms with van der Waals surface area (Å²) >= 11 is 17.0. The molecule has 1 heterocycles. The van der Waals surface area contributed by atoms with Crippen LogP contribution in [0.1, 0.15) is 74.1 Å². The predicted molar refractivity (Wildman–Crippen MR) is 174 cm³/mol. The molecule has 0 bridgehead atoms. The van der Waals surface area contributed by atoms with Crippen molar-refractivity contribution in [3.05, 3.63) is 12.7 Å². The van der Waals surface area contributed by atoms with Gasteiger partial charge in [0.15, 0.2) is 8.32 Å². The zero-order valence-corrected chi connectivity index (χ0v) is 30.3. The first-order chi connectivity index (χ1) is 19.6. The van der Waals surface area contributed by atoms with Crippen LogP contribution in [0.5, 0.6) is 0 Å². The van der Waals surface area contributed by atoms with Crippen LogP contribution in [-0.4, -0.2) is 78.2 Å². The van der Waals surface area contributed by atoms with Crippen molar-refractivity contribution in [2.45, 2.75) is 120 Å². The monoisotopic (exact) mass is 684 g/mol. The van der Waals surface area contributed by atoms with E-state index < -0.39 is 60.5 Å². The van der Waals surface area contributed by atoms with E-state index >= 15 is 0 Å². The number of hydrogen-bond acceptors (Lipinski definition) is 7. The molecular formula is C29H51Cl3N4O6Si. The molecule has 0 aliphatic carbocycles. The first-order valence-corrected chi connectivity index (χ1v) is 18.9. The molecule has 5 atom stereocenters. The summed E-state index contributed by atoms with van der Waals surface area (Å²) in [4.78, 5) is 52.3. The summed E-state index contributed by atoms with van der Waals surface area (Å²) in [5.41, 5.74) is 2.84. The number of esters is 1. The topological polar surface area (TPSA) is 126 Å². The Morgan fingerprint density at radius 1 is 1.07 bits per heavy atom. The van der Waals surface area contributed by atoms with Gasteiger partial charge in [-0.2, -0.15) is 0 Å². The van der Waals surface area contributed by atoms with E-state index in [1.54, 1.807) is 6.92 Å². The highest BCUT2D eigenvalue weighted by molar-refractivity contribution is 6.74. The average molecular weight is 686 g/mol. The van der Waals surface area contributed by atoms with Gasteiger partial charge in [0, 0.05) is 6.54 Å². The number of allylic oxidation sites excluding steroid dienone is 1. The second-order valence-electron chi connectivity index (χ2n) is 13.1. The molecule has 0 radical (unpaired) electrons. The Kier molecular flexibility index (Phi) is 15.5. The largest absolute Gasteiger partial charge is 0.460 e. The van der Waals surface area contributed by atoms with Crippen molar-refractivity contribution in [2.24, 2.45) is 11.8 Å². The molecule has 1 aliphatic rings. The minimum atomic E-state index is -2.17. The van der Waals surface area contributed by atoms with Crippen molar-refractivity contribution in [1.82, 2.24) is 21.1 Å². The predicted octanol–water partition coefficient (Wildman–Crippen LogP) is 5.03. The maximum atomic E-state index is 13.4. The molecule has 10 nitrogen and oxygen atoms in total. The summed E-state index contributed by atoms with van der Waals surface area (Å²) < 4.78 is 9.92. The molecule has 0 spiro atoms. The third kappa shape index (κ3) is 12.9. The third-order valence-corrected chi connectivity index (χ3v) is 12.8. The summed E-state index contributed by atoms with van der Waals surface area (Å²) in [6.07, 6.45) is 3.75. The second kappa shape index (κ2) is 16.8. The number of hydrazine groups is 1. The first-order valence-electron chi connectivity index (χ1n) is 14.8. The third-order valence-electron chi connectivity index (χ3n) is 7.97. The van der Waals surface area contributed by atoms with Crippen molar-refractivity contribution in [2.75, 3.05) is 13.2 Å². The smallest absolute Gasteiger partial charge is 0.325 e. The summed E-state index contributed by atoms with van der Waals surface area (Å²) in [5, 5.41) is 6.86. The van der Waals surface area contributed by atoms with Gasteiger partial charge in [0.2, 0.25) is 15.6 Å². The van der Waals surface area contributed by atoms with Crippen LogP contribution in [0.2, 0.25) is 18.1 Å². The Labute approximate surface area is 273 Å². The number of rotatable bonds is 14. The molecule has 0 saturated carbocycles. The van der Waals surface area contributed by atoms with Crippen molar-refractivity contribution in [3.8, 4) is 0 Å². The molecule has 3 N–H and O–H groups in total. The Hall–Kier alpha value is -1.37. The summed E-state index contributed by atoms with van der Waals surface area (Å²) in [5.74, 6) is -2.65. The number of nitrogens with zero attached hydrogens (tertiary/aromatic N) is 1. The highest BCUT2D eigenvalue weighted by Crippen LogP contribution is 2.38. The maximum Gasteiger partial charge on any atom is 0.325 e. The van der Waals surface area contributed by atoms with Crippen molar-refractivity contribution < 1.29 is 28.3 Å². The van der Waals surface area contributed by atoms with Crippen LogP contribution in [0.4, 0.5) is 0 Å². The van der Waals surface area contributed by atoms with Gasteiger partial charge in [-0.3, -0.25) is 24.2 Å². The van der Waals surface area contributed by atoms with Gasteiger partial charge < -0.3 is 19.8 Å². The van der Waals surface area contributed by atoms with Crippen molar-refractivity contribution in [1.29, 1.82) is 0 Å². The summed E-state index contributed by atoms with van der Waals surface area (Å²) in [6, 6.07) is -2.62. The van der Waals surface area contributed by atoms with Gasteiger partial charge in [0.25, 0.3) is 5.91 Å². The minimum Gasteiger partial charge on any atom is -0.460 e. The van der Waals surface area contributed by atoms with Gasteiger partial charge in [-0.25, -0.2) is 5.43 Å². The molecule has 1 saturated heterocycles. The zero-order valence-electron chi connectivity index (χ0n) is 27.0. The highest BCUT2D eigenvalue weighted by Gasteiger charge is 2.41. The summed E-state index contributed by atoms with van der Waals surface area (Å²) in [6.45, 7) is 21.5. The number of hydrogen-bond donors (Lipinski definition) is 3. The lowest BCUT2D eigenvalue weighted by atomic mass is 9.97. The number of alkyl halides is 3. The lowest BCUT2D eigenvalue weighted by Crippen LogP contribution is -2.61. The molecule has 14 heteroatoms. The molecule has 43 heavy (non-hydrogen) atoms. The lowest BCUT2D eigenvalue weighted by Gasteiger charge is -2.41. The molecule has 1 fully saturated rings. The maximum absolute atomic E-state index is 13.4. The number of amides is 3. The molecule has 0 aromatic heterocycles. The van der Waals surface area contributed by atoms with Gasteiger partial charge in [-0.05, 0) is 56.7 Å². The minimum absolute atomic E-state index is 0.0351.